The van der Waals surface area contributed by atoms with Gasteiger partial charge in [-0.05, 0) is 91.9 Å². The Morgan fingerprint density at radius 1 is 1.02 bits per heavy atom. The lowest BCUT2D eigenvalue weighted by atomic mass is 9.93. The fraction of sp³-hybridized carbons (Fsp3) is 0.118. The molecule has 0 unspecified atom stereocenters. The zero-order chi connectivity index (χ0) is 30.8. The first-order valence-corrected chi connectivity index (χ1v) is 13.8. The summed E-state index contributed by atoms with van der Waals surface area (Å²) in [6.07, 6.45) is 10.3. The molecule has 218 valence electrons. The average Bonchev–Trinajstić information content (AvgIpc) is 3.67. The molecule has 0 aliphatic rings. The number of anilines is 3. The van der Waals surface area contributed by atoms with Crippen molar-refractivity contribution in [3.05, 3.63) is 126 Å². The zero-order valence-electron chi connectivity index (χ0n) is 24.2. The van der Waals surface area contributed by atoms with Crippen LogP contribution in [0.15, 0.2) is 91.8 Å². The van der Waals surface area contributed by atoms with Gasteiger partial charge in [0.15, 0.2) is 5.65 Å². The number of aryl methyl sites for hydroxylation is 1. The summed E-state index contributed by atoms with van der Waals surface area (Å²) < 4.78 is 17.0. The van der Waals surface area contributed by atoms with Crippen LogP contribution in [0.4, 0.5) is 21.5 Å². The number of benzene rings is 2. The molecule has 10 heteroatoms. The second kappa shape index (κ2) is 11.5. The number of H-pyrrole nitrogens is 1. The lowest BCUT2D eigenvalue weighted by molar-refractivity contribution is 0.0786. The van der Waals surface area contributed by atoms with E-state index in [1.165, 1.54) is 12.1 Å². The van der Waals surface area contributed by atoms with Gasteiger partial charge >= 0.3 is 0 Å². The van der Waals surface area contributed by atoms with E-state index in [1.807, 2.05) is 34.9 Å². The van der Waals surface area contributed by atoms with Crippen LogP contribution in [-0.2, 0) is 5.60 Å². The number of pyridine rings is 2. The Kier molecular flexibility index (Phi) is 7.39. The van der Waals surface area contributed by atoms with E-state index >= 15 is 4.39 Å². The number of nitrogens with zero attached hydrogens (tertiary/aromatic N) is 4. The van der Waals surface area contributed by atoms with Crippen LogP contribution in [0, 0.1) is 24.6 Å². The monoisotopic (exact) mass is 585 g/mol. The number of carbonyl (C=O) groups is 1. The third-order valence-electron chi connectivity index (χ3n) is 7.09. The Bertz CT molecular complexity index is 2050. The quantitative estimate of drug-likeness (QED) is 0.173. The summed E-state index contributed by atoms with van der Waals surface area (Å²) in [5.74, 6) is 4.89. The number of hydrogen-bond acceptors (Lipinski definition) is 6. The van der Waals surface area contributed by atoms with Gasteiger partial charge in [-0.3, -0.25) is 19.3 Å². The van der Waals surface area contributed by atoms with E-state index in [9.17, 15) is 9.90 Å². The van der Waals surface area contributed by atoms with Gasteiger partial charge in [0.2, 0.25) is 0 Å². The number of halogens is 1. The van der Waals surface area contributed by atoms with Gasteiger partial charge in [-0.2, -0.15) is 5.10 Å². The number of amides is 1. The molecule has 44 heavy (non-hydrogen) atoms. The van der Waals surface area contributed by atoms with Crippen LogP contribution in [-0.4, -0.2) is 35.6 Å². The molecule has 0 saturated carbocycles. The minimum Gasteiger partial charge on any atom is -0.386 e. The number of aromatic amines is 1. The standard InChI is InChI=1S/C34H28FN7O2/c1-21-12-30(35)29(33(43)41-26-14-24(23-6-4-10-36-17-23)13-25(16-26)34(2,3)44)15-22(21)8-9-28-20-37-32-31(7-5-11-42(28)32)40-27-18-38-39-19-27/h4-7,10-20,40,44H,1-3H3,(H,38,39)(H,41,43). The molecular formula is C34H28FN7O2. The number of hydrogen-bond donors (Lipinski definition) is 4. The van der Waals surface area contributed by atoms with Gasteiger partial charge in [-0.15, -0.1) is 0 Å². The van der Waals surface area contributed by atoms with Crippen molar-refractivity contribution in [2.45, 2.75) is 26.4 Å². The molecule has 9 nitrogen and oxygen atoms in total. The Labute approximate surface area is 252 Å². The number of imidazole rings is 1. The summed E-state index contributed by atoms with van der Waals surface area (Å²) in [5, 5.41) is 23.5. The summed E-state index contributed by atoms with van der Waals surface area (Å²) in [4.78, 5) is 22.1. The van der Waals surface area contributed by atoms with Gasteiger partial charge in [0, 0.05) is 41.6 Å². The van der Waals surface area contributed by atoms with E-state index < -0.39 is 17.3 Å². The molecule has 0 aliphatic carbocycles. The predicted molar refractivity (Wildman–Crippen MR) is 167 cm³/mol. The Hall–Kier alpha value is -5.79. The topological polar surface area (TPSA) is 120 Å². The van der Waals surface area contributed by atoms with E-state index in [2.05, 4.69) is 42.6 Å². The molecule has 6 aromatic rings. The van der Waals surface area contributed by atoms with Crippen molar-refractivity contribution in [1.82, 2.24) is 24.6 Å². The van der Waals surface area contributed by atoms with Crippen molar-refractivity contribution in [3.8, 4) is 23.0 Å². The molecular weight excluding hydrogens is 557 g/mol. The highest BCUT2D eigenvalue weighted by atomic mass is 19.1. The number of fused-ring (bicyclic) bond motifs is 1. The predicted octanol–water partition coefficient (Wildman–Crippen LogP) is 6.19. The maximum Gasteiger partial charge on any atom is 0.258 e. The fourth-order valence-electron chi connectivity index (χ4n) is 4.74. The van der Waals surface area contributed by atoms with Crippen molar-refractivity contribution in [2.24, 2.45) is 0 Å². The van der Waals surface area contributed by atoms with E-state index in [1.54, 1.807) is 70.0 Å². The average molecular weight is 586 g/mol. The van der Waals surface area contributed by atoms with Crippen LogP contribution in [0.1, 0.15) is 46.6 Å². The Morgan fingerprint density at radius 3 is 2.64 bits per heavy atom. The largest absolute Gasteiger partial charge is 0.386 e. The van der Waals surface area contributed by atoms with Crippen molar-refractivity contribution in [2.75, 3.05) is 10.6 Å². The minimum absolute atomic E-state index is 0.152. The van der Waals surface area contributed by atoms with Gasteiger partial charge in [-0.1, -0.05) is 12.0 Å². The number of carbonyl (C=O) groups excluding carboxylic acids is 1. The van der Waals surface area contributed by atoms with Crippen molar-refractivity contribution >= 4 is 28.6 Å². The number of aliphatic hydroxyl groups is 1. The van der Waals surface area contributed by atoms with Gasteiger partial charge in [0.1, 0.15) is 11.5 Å². The van der Waals surface area contributed by atoms with Crippen LogP contribution in [0.2, 0.25) is 0 Å². The maximum atomic E-state index is 15.1. The molecule has 2 aromatic carbocycles. The highest BCUT2D eigenvalue weighted by Crippen LogP contribution is 2.30. The van der Waals surface area contributed by atoms with Crippen LogP contribution in [0.5, 0.6) is 0 Å². The van der Waals surface area contributed by atoms with E-state index in [-0.39, 0.29) is 5.56 Å². The number of rotatable bonds is 6. The smallest absolute Gasteiger partial charge is 0.258 e. The molecule has 6 rings (SSSR count). The summed E-state index contributed by atoms with van der Waals surface area (Å²) in [7, 11) is 0. The van der Waals surface area contributed by atoms with Crippen LogP contribution in [0.3, 0.4) is 0 Å². The molecule has 4 aromatic heterocycles. The third-order valence-corrected chi connectivity index (χ3v) is 7.09. The Balaban J connectivity index is 1.30. The van der Waals surface area contributed by atoms with Gasteiger partial charge < -0.3 is 15.7 Å². The van der Waals surface area contributed by atoms with E-state index in [4.69, 9.17) is 0 Å². The molecule has 0 fully saturated rings. The number of aromatic nitrogens is 5. The molecule has 0 spiro atoms. The second-order valence-corrected chi connectivity index (χ2v) is 10.8. The molecule has 4 N–H and O–H groups in total. The SMILES string of the molecule is Cc1cc(F)c(C(=O)Nc2cc(-c3cccnc3)cc(C(C)(C)O)c2)cc1C#Cc1cnc2c(Nc3cn[nH]c3)cccn12. The summed E-state index contributed by atoms with van der Waals surface area (Å²) in [6, 6.07) is 15.5. The van der Waals surface area contributed by atoms with Crippen molar-refractivity contribution < 1.29 is 14.3 Å². The summed E-state index contributed by atoms with van der Waals surface area (Å²) >= 11 is 0. The molecule has 0 aliphatic heterocycles. The highest BCUT2D eigenvalue weighted by Gasteiger charge is 2.20. The lowest BCUT2D eigenvalue weighted by Crippen LogP contribution is -2.18. The van der Waals surface area contributed by atoms with Gasteiger partial charge in [-0.25, -0.2) is 9.37 Å². The Morgan fingerprint density at radius 2 is 1.89 bits per heavy atom. The van der Waals surface area contributed by atoms with Crippen LogP contribution >= 0.6 is 0 Å². The molecule has 0 bridgehead atoms. The molecule has 0 radical (unpaired) electrons. The summed E-state index contributed by atoms with van der Waals surface area (Å²) in [5.41, 5.74) is 5.18. The third kappa shape index (κ3) is 5.90. The lowest BCUT2D eigenvalue weighted by Gasteiger charge is -2.20. The maximum absolute atomic E-state index is 15.1. The first-order chi connectivity index (χ1) is 21.2. The first kappa shape index (κ1) is 28.3. The first-order valence-electron chi connectivity index (χ1n) is 13.8. The highest BCUT2D eigenvalue weighted by molar-refractivity contribution is 6.05. The van der Waals surface area contributed by atoms with Gasteiger partial charge in [0.25, 0.3) is 5.91 Å². The molecule has 1 amide bonds. The van der Waals surface area contributed by atoms with E-state index in [0.29, 0.717) is 33.7 Å². The molecule has 0 atom stereocenters. The van der Waals surface area contributed by atoms with Crippen LogP contribution in [0.25, 0.3) is 16.8 Å². The van der Waals surface area contributed by atoms with Crippen LogP contribution < -0.4 is 10.6 Å². The van der Waals surface area contributed by atoms with Crippen molar-refractivity contribution in [1.29, 1.82) is 0 Å². The molecule has 0 saturated heterocycles. The second-order valence-electron chi connectivity index (χ2n) is 10.8. The normalized spacial score (nSPS) is 11.2. The van der Waals surface area contributed by atoms with Gasteiger partial charge in [0.05, 0.1) is 34.9 Å². The summed E-state index contributed by atoms with van der Waals surface area (Å²) in [6.45, 7) is 5.06. The molecule has 4 heterocycles. The van der Waals surface area contributed by atoms with Crippen molar-refractivity contribution in [3.63, 3.8) is 0 Å². The fourth-order valence-corrected chi connectivity index (χ4v) is 4.74. The number of nitrogens with one attached hydrogen (secondary N) is 3. The van der Waals surface area contributed by atoms with E-state index in [0.717, 1.165) is 22.5 Å². The minimum atomic E-state index is -1.18. The zero-order valence-corrected chi connectivity index (χ0v) is 24.2.